The maximum atomic E-state index is 13.2. The highest BCUT2D eigenvalue weighted by molar-refractivity contribution is 7.89. The molecule has 2 aromatic rings. The van der Waals surface area contributed by atoms with Crippen LogP contribution < -0.4 is 15.4 Å². The normalized spacial score (nSPS) is 21.2. The highest BCUT2D eigenvalue weighted by atomic mass is 32.2. The molecule has 0 atom stereocenters. The zero-order valence-electron chi connectivity index (χ0n) is 22.9. The van der Waals surface area contributed by atoms with Gasteiger partial charge in [0.2, 0.25) is 10.0 Å². The van der Waals surface area contributed by atoms with Crippen LogP contribution in [0.4, 0.5) is 10.5 Å². The van der Waals surface area contributed by atoms with Crippen LogP contribution in [0.5, 0.6) is 0 Å². The van der Waals surface area contributed by atoms with Crippen LogP contribution in [0.3, 0.4) is 0 Å². The topological polar surface area (TPSA) is 119 Å². The molecule has 2 heterocycles. The zero-order chi connectivity index (χ0) is 27.5. The number of amides is 1. The lowest BCUT2D eigenvalue weighted by atomic mass is 9.84. The number of ether oxygens (including phenoxy) is 2. The quantitative estimate of drug-likeness (QED) is 0.367. The number of benzene rings is 1. The number of nitrogens with one attached hydrogen (secondary N) is 3. The van der Waals surface area contributed by atoms with E-state index in [9.17, 15) is 13.2 Å². The molecule has 1 aromatic heterocycles. The third-order valence-electron chi connectivity index (χ3n) is 7.35. The Bertz CT molecular complexity index is 1220. The molecule has 1 saturated heterocycles. The molecule has 2 fully saturated rings. The fourth-order valence-electron chi connectivity index (χ4n) is 4.95. The van der Waals surface area contributed by atoms with Gasteiger partial charge >= 0.3 is 6.09 Å². The molecule has 0 spiro atoms. The summed E-state index contributed by atoms with van der Waals surface area (Å²) in [6, 6.07) is 5.64. The first-order chi connectivity index (χ1) is 18.0. The molecule has 0 bridgehead atoms. The van der Waals surface area contributed by atoms with Crippen LogP contribution in [0, 0.1) is 5.92 Å². The molecule has 1 saturated carbocycles. The molecule has 11 heteroatoms. The van der Waals surface area contributed by atoms with Crippen molar-refractivity contribution in [2.45, 2.75) is 88.8 Å². The molecule has 2 aliphatic rings. The Labute approximate surface area is 230 Å². The van der Waals surface area contributed by atoms with E-state index in [1.807, 2.05) is 26.0 Å². The Balaban J connectivity index is 1.52. The molecule has 1 aliphatic carbocycles. The van der Waals surface area contributed by atoms with E-state index in [1.54, 1.807) is 30.5 Å². The van der Waals surface area contributed by atoms with Crippen molar-refractivity contribution in [3.63, 3.8) is 0 Å². The van der Waals surface area contributed by atoms with Crippen molar-refractivity contribution in [3.8, 4) is 10.4 Å². The molecule has 38 heavy (non-hydrogen) atoms. The van der Waals surface area contributed by atoms with E-state index in [4.69, 9.17) is 14.5 Å². The number of hydrogen-bond acceptors (Lipinski definition) is 8. The number of carbonyl (C=O) groups excluding carboxylic acids is 1. The van der Waals surface area contributed by atoms with Crippen molar-refractivity contribution in [2.24, 2.45) is 5.92 Å². The van der Waals surface area contributed by atoms with Crippen LogP contribution in [0.2, 0.25) is 0 Å². The maximum Gasteiger partial charge on any atom is 0.407 e. The average molecular weight is 565 g/mol. The fourth-order valence-corrected chi connectivity index (χ4v) is 7.43. The van der Waals surface area contributed by atoms with E-state index in [2.05, 4.69) is 29.2 Å². The highest BCUT2D eigenvalue weighted by Gasteiger charge is 2.41. The van der Waals surface area contributed by atoms with E-state index in [-0.39, 0.29) is 34.6 Å². The van der Waals surface area contributed by atoms with Gasteiger partial charge in [-0.25, -0.2) is 22.9 Å². The average Bonchev–Trinajstić information content (AvgIpc) is 3.31. The fraction of sp³-hybridized carbons (Fsp3) is 0.630. The number of aromatic nitrogens is 1. The number of alkyl carbamates (subject to hydrolysis) is 1. The molecule has 1 aromatic carbocycles. The SMILES string of the molecule is CCNS(=O)(=O)c1cc(NC2(C(C)C)COC2)ccc1-c1cnc([C@H]2CC[C@H](NC(=O)OC(C)C)CC2)s1. The van der Waals surface area contributed by atoms with Gasteiger partial charge in [0.1, 0.15) is 0 Å². The smallest absolute Gasteiger partial charge is 0.407 e. The van der Waals surface area contributed by atoms with Gasteiger partial charge in [0.15, 0.2) is 0 Å². The van der Waals surface area contributed by atoms with E-state index < -0.39 is 10.0 Å². The predicted octanol–water partition coefficient (Wildman–Crippen LogP) is 5.11. The van der Waals surface area contributed by atoms with Gasteiger partial charge in [-0.05, 0) is 57.6 Å². The first-order valence-corrected chi connectivity index (χ1v) is 15.8. The van der Waals surface area contributed by atoms with Crippen LogP contribution in [0.15, 0.2) is 29.3 Å². The molecule has 1 aliphatic heterocycles. The minimum Gasteiger partial charge on any atom is -0.447 e. The van der Waals surface area contributed by atoms with Gasteiger partial charge in [0, 0.05) is 36.0 Å². The van der Waals surface area contributed by atoms with Gasteiger partial charge in [0.25, 0.3) is 0 Å². The molecule has 210 valence electrons. The molecule has 0 radical (unpaired) electrons. The maximum absolute atomic E-state index is 13.2. The predicted molar refractivity (Wildman–Crippen MR) is 150 cm³/mol. The second-order valence-corrected chi connectivity index (χ2v) is 13.6. The second-order valence-electron chi connectivity index (χ2n) is 10.9. The molecule has 1 amide bonds. The van der Waals surface area contributed by atoms with E-state index in [0.29, 0.717) is 31.2 Å². The summed E-state index contributed by atoms with van der Waals surface area (Å²) < 4.78 is 39.8. The third kappa shape index (κ3) is 6.50. The van der Waals surface area contributed by atoms with Gasteiger partial charge in [-0.1, -0.05) is 26.8 Å². The Hall–Kier alpha value is -2.21. The van der Waals surface area contributed by atoms with E-state index >= 15 is 0 Å². The van der Waals surface area contributed by atoms with Crippen LogP contribution in [-0.2, 0) is 19.5 Å². The Morgan fingerprint density at radius 2 is 1.89 bits per heavy atom. The van der Waals surface area contributed by atoms with Gasteiger partial charge in [-0.15, -0.1) is 11.3 Å². The number of sulfonamides is 1. The Morgan fingerprint density at radius 3 is 2.47 bits per heavy atom. The van der Waals surface area contributed by atoms with Crippen molar-refractivity contribution in [1.82, 2.24) is 15.0 Å². The van der Waals surface area contributed by atoms with Crippen LogP contribution in [-0.4, -0.2) is 56.9 Å². The monoisotopic (exact) mass is 564 g/mol. The van der Waals surface area contributed by atoms with Crippen molar-refractivity contribution in [2.75, 3.05) is 25.1 Å². The third-order valence-corrected chi connectivity index (χ3v) is 10.1. The molecular weight excluding hydrogens is 524 g/mol. The van der Waals surface area contributed by atoms with Crippen molar-refractivity contribution >= 4 is 33.1 Å². The number of carbonyl (C=O) groups is 1. The highest BCUT2D eigenvalue weighted by Crippen LogP contribution is 2.40. The molecule has 3 N–H and O–H groups in total. The first-order valence-electron chi connectivity index (χ1n) is 13.5. The zero-order valence-corrected chi connectivity index (χ0v) is 24.5. The van der Waals surface area contributed by atoms with Gasteiger partial charge in [-0.3, -0.25) is 0 Å². The number of anilines is 1. The van der Waals surface area contributed by atoms with Gasteiger partial charge in [-0.2, -0.15) is 0 Å². The minimum atomic E-state index is -3.71. The van der Waals surface area contributed by atoms with E-state index in [0.717, 1.165) is 41.3 Å². The number of nitrogens with zero attached hydrogens (tertiary/aromatic N) is 1. The molecule has 4 rings (SSSR count). The summed E-state index contributed by atoms with van der Waals surface area (Å²) in [4.78, 5) is 17.7. The van der Waals surface area contributed by atoms with Crippen molar-refractivity contribution < 1.29 is 22.7 Å². The summed E-state index contributed by atoms with van der Waals surface area (Å²) in [6.07, 6.45) is 4.80. The second kappa shape index (κ2) is 11.9. The molecule has 9 nitrogen and oxygen atoms in total. The first kappa shape index (κ1) is 28.8. The van der Waals surface area contributed by atoms with Crippen LogP contribution in [0.25, 0.3) is 10.4 Å². The summed E-state index contributed by atoms with van der Waals surface area (Å²) in [5, 5.41) is 7.50. The number of rotatable bonds is 10. The molecular formula is C27H40N4O5S2. The largest absolute Gasteiger partial charge is 0.447 e. The van der Waals surface area contributed by atoms with Gasteiger partial charge in [0.05, 0.1) is 39.6 Å². The summed E-state index contributed by atoms with van der Waals surface area (Å²) >= 11 is 1.55. The standard InChI is InChI=1S/C27H40N4O5S2/c1-6-29-38(33,34)24-13-21(31-27(17(2)3)15-35-16-27)11-12-22(24)23-14-28-25(37-23)19-7-9-20(10-8-19)30-26(32)36-18(4)5/h11-14,17-20,29,31H,6-10,15-16H2,1-5H3,(H,30,32)/t19-,20-. The van der Waals surface area contributed by atoms with Crippen molar-refractivity contribution in [3.05, 3.63) is 29.4 Å². The minimum absolute atomic E-state index is 0.101. The van der Waals surface area contributed by atoms with E-state index in [1.165, 1.54) is 0 Å². The lowest BCUT2D eigenvalue weighted by molar-refractivity contribution is -0.0634. The Kier molecular flexibility index (Phi) is 9.01. The molecule has 0 unspecified atom stereocenters. The Morgan fingerprint density at radius 1 is 1.18 bits per heavy atom. The summed E-state index contributed by atoms with van der Waals surface area (Å²) in [6.45, 7) is 11.2. The number of thiazole rings is 1. The summed E-state index contributed by atoms with van der Waals surface area (Å²) in [5.41, 5.74) is 1.21. The summed E-state index contributed by atoms with van der Waals surface area (Å²) in [7, 11) is -3.71. The van der Waals surface area contributed by atoms with Gasteiger partial charge < -0.3 is 20.1 Å². The van der Waals surface area contributed by atoms with Crippen molar-refractivity contribution in [1.29, 1.82) is 0 Å². The summed E-state index contributed by atoms with van der Waals surface area (Å²) in [5.74, 6) is 0.618. The lowest BCUT2D eigenvalue weighted by Crippen LogP contribution is -2.59. The number of hydrogen-bond donors (Lipinski definition) is 3. The van der Waals surface area contributed by atoms with Crippen LogP contribution >= 0.6 is 11.3 Å². The lowest BCUT2D eigenvalue weighted by Gasteiger charge is -2.46. The van der Waals surface area contributed by atoms with Crippen LogP contribution in [0.1, 0.15) is 71.2 Å².